The number of nitrogens with one attached hydrogen (secondary N) is 2. The number of carbonyl (C=O) groups is 2. The molecule has 0 aliphatic rings. The molecule has 0 atom stereocenters. The molecule has 4 aromatic rings. The van der Waals surface area contributed by atoms with Crippen LogP contribution in [0, 0.1) is 0 Å². The van der Waals surface area contributed by atoms with E-state index in [0.29, 0.717) is 17.1 Å². The summed E-state index contributed by atoms with van der Waals surface area (Å²) in [6, 6.07) is 22.3. The number of nitrogens with zero attached hydrogens (tertiary/aromatic N) is 2. The summed E-state index contributed by atoms with van der Waals surface area (Å²) in [6.45, 7) is 2.16. The van der Waals surface area contributed by atoms with Crippen LogP contribution in [0.3, 0.4) is 0 Å². The van der Waals surface area contributed by atoms with E-state index in [-0.39, 0.29) is 11.8 Å². The van der Waals surface area contributed by atoms with Gasteiger partial charge < -0.3 is 5.32 Å². The molecule has 1 amide bonds. The number of hydrogen-bond donors (Lipinski definition) is 2. The topological polar surface area (TPSA) is 75.5 Å². The van der Waals surface area contributed by atoms with Crippen LogP contribution < -0.4 is 10.7 Å². The van der Waals surface area contributed by atoms with Crippen LogP contribution >= 0.6 is 11.6 Å². The second-order valence-electron chi connectivity index (χ2n) is 7.25. The van der Waals surface area contributed by atoms with Gasteiger partial charge in [0.25, 0.3) is 5.91 Å². The maximum atomic E-state index is 12.4. The first kappa shape index (κ1) is 21.3. The number of rotatable bonds is 6. The minimum atomic E-state index is -0.319. The van der Waals surface area contributed by atoms with Crippen molar-refractivity contribution in [3.8, 4) is 0 Å². The minimum Gasteiger partial charge on any atom is -0.381 e. The zero-order valence-electron chi connectivity index (χ0n) is 17.4. The van der Waals surface area contributed by atoms with E-state index in [9.17, 15) is 9.59 Å². The monoisotopic (exact) mass is 444 g/mol. The summed E-state index contributed by atoms with van der Waals surface area (Å²) in [7, 11) is 0. The average molecular weight is 445 g/mol. The molecule has 3 aromatic carbocycles. The molecule has 4 rings (SSSR count). The number of aromatic nitrogens is 1. The molecule has 2 N–H and O–H groups in total. The van der Waals surface area contributed by atoms with Crippen molar-refractivity contribution in [3.05, 3.63) is 101 Å². The molecule has 0 fully saturated rings. The van der Waals surface area contributed by atoms with Crippen LogP contribution in [0.15, 0.2) is 84.1 Å². The second-order valence-corrected chi connectivity index (χ2v) is 7.68. The number of benzene rings is 3. The van der Waals surface area contributed by atoms with Gasteiger partial charge in [-0.2, -0.15) is 5.10 Å². The minimum absolute atomic E-state index is 0.0883. The highest BCUT2D eigenvalue weighted by Crippen LogP contribution is 2.20. The Labute approximate surface area is 190 Å². The molecular formula is C25H21ClN4O2. The van der Waals surface area contributed by atoms with E-state index in [1.54, 1.807) is 29.1 Å². The van der Waals surface area contributed by atoms with Gasteiger partial charge in [0, 0.05) is 46.9 Å². The van der Waals surface area contributed by atoms with E-state index in [2.05, 4.69) is 15.8 Å². The second kappa shape index (κ2) is 9.49. The van der Waals surface area contributed by atoms with Gasteiger partial charge in [0.2, 0.25) is 5.91 Å². The van der Waals surface area contributed by atoms with Gasteiger partial charge in [0.05, 0.1) is 11.7 Å². The van der Waals surface area contributed by atoms with E-state index >= 15 is 0 Å². The number of hydrazone groups is 1. The van der Waals surface area contributed by atoms with E-state index in [1.165, 1.54) is 6.92 Å². The summed E-state index contributed by atoms with van der Waals surface area (Å²) >= 11 is 5.90. The molecule has 0 aliphatic heterocycles. The molecule has 0 saturated heterocycles. The Morgan fingerprint density at radius 2 is 1.72 bits per heavy atom. The molecule has 7 heteroatoms. The average Bonchev–Trinajstić information content (AvgIpc) is 3.18. The predicted octanol–water partition coefficient (Wildman–Crippen LogP) is 5.33. The van der Waals surface area contributed by atoms with Crippen molar-refractivity contribution in [3.63, 3.8) is 0 Å². The van der Waals surface area contributed by atoms with Gasteiger partial charge in [0.1, 0.15) is 0 Å². The molecule has 1 aromatic heterocycles. The fraction of sp³-hybridized carbons (Fsp3) is 0.0800. The maximum absolute atomic E-state index is 12.4. The van der Waals surface area contributed by atoms with Crippen LogP contribution in [-0.4, -0.2) is 22.6 Å². The third kappa shape index (κ3) is 4.87. The lowest BCUT2D eigenvalue weighted by Crippen LogP contribution is -2.17. The van der Waals surface area contributed by atoms with Crippen LogP contribution in [0.1, 0.15) is 33.2 Å². The van der Waals surface area contributed by atoms with E-state index in [0.717, 1.165) is 27.7 Å². The zero-order valence-corrected chi connectivity index (χ0v) is 18.1. The number of amides is 1. The summed E-state index contributed by atoms with van der Waals surface area (Å²) in [6.07, 6.45) is 3.26. The summed E-state index contributed by atoms with van der Waals surface area (Å²) in [5.41, 5.74) is 6.58. The molecule has 32 heavy (non-hydrogen) atoms. The molecule has 0 spiro atoms. The fourth-order valence-corrected chi connectivity index (χ4v) is 3.47. The molecule has 160 valence electrons. The van der Waals surface area contributed by atoms with Gasteiger partial charge in [-0.05, 0) is 48.0 Å². The van der Waals surface area contributed by atoms with Gasteiger partial charge in [-0.15, -0.1) is 0 Å². The van der Waals surface area contributed by atoms with E-state index in [1.807, 2.05) is 60.7 Å². The maximum Gasteiger partial charge on any atom is 0.271 e. The smallest absolute Gasteiger partial charge is 0.271 e. The van der Waals surface area contributed by atoms with Gasteiger partial charge >= 0.3 is 0 Å². The Balaban J connectivity index is 1.38. The standard InChI is InChI=1S/C25H21ClN4O2/c1-17(31)30-16-20(23-4-2-3-5-24(23)30)15-28-29-25(32)19-8-12-22(13-9-19)27-14-18-6-10-21(26)11-7-18/h2-13,15-16,27H,14H2,1H3,(H,29,32)/b28-15+. The molecular weight excluding hydrogens is 424 g/mol. The Morgan fingerprint density at radius 3 is 2.44 bits per heavy atom. The summed E-state index contributed by atoms with van der Waals surface area (Å²) in [5.74, 6) is -0.407. The number of anilines is 1. The molecule has 0 unspecified atom stereocenters. The van der Waals surface area contributed by atoms with Crippen molar-refractivity contribution in [1.82, 2.24) is 9.99 Å². The highest BCUT2D eigenvalue weighted by molar-refractivity contribution is 6.30. The van der Waals surface area contributed by atoms with Crippen LogP contribution in [0.5, 0.6) is 0 Å². The first-order valence-corrected chi connectivity index (χ1v) is 10.4. The fourth-order valence-electron chi connectivity index (χ4n) is 3.34. The van der Waals surface area contributed by atoms with Crippen molar-refractivity contribution in [2.75, 3.05) is 5.32 Å². The number of carbonyl (C=O) groups excluding carboxylic acids is 2. The van der Waals surface area contributed by atoms with Gasteiger partial charge in [-0.1, -0.05) is 41.9 Å². The molecule has 1 heterocycles. The molecule has 0 radical (unpaired) electrons. The molecule has 0 bridgehead atoms. The lowest BCUT2D eigenvalue weighted by atomic mass is 10.2. The summed E-state index contributed by atoms with van der Waals surface area (Å²) in [5, 5.41) is 8.97. The highest BCUT2D eigenvalue weighted by atomic mass is 35.5. The quantitative estimate of drug-likeness (QED) is 0.311. The number of hydrogen-bond acceptors (Lipinski definition) is 4. The number of halogens is 1. The van der Waals surface area contributed by atoms with Crippen LogP contribution in [0.4, 0.5) is 5.69 Å². The van der Waals surface area contributed by atoms with Crippen LogP contribution in [-0.2, 0) is 6.54 Å². The van der Waals surface area contributed by atoms with Crippen molar-refractivity contribution in [1.29, 1.82) is 0 Å². The Hall–Kier alpha value is -3.90. The lowest BCUT2D eigenvalue weighted by molar-refractivity contribution is 0.0937. The molecule has 0 aliphatic carbocycles. The third-order valence-electron chi connectivity index (χ3n) is 5.01. The Morgan fingerprint density at radius 1 is 1.00 bits per heavy atom. The summed E-state index contributed by atoms with van der Waals surface area (Å²) in [4.78, 5) is 24.3. The Bertz CT molecular complexity index is 1290. The van der Waals surface area contributed by atoms with E-state index < -0.39 is 0 Å². The number of para-hydroxylation sites is 1. The predicted molar refractivity (Wildman–Crippen MR) is 129 cm³/mol. The van der Waals surface area contributed by atoms with Crippen LogP contribution in [0.25, 0.3) is 10.9 Å². The zero-order chi connectivity index (χ0) is 22.5. The van der Waals surface area contributed by atoms with Crippen molar-refractivity contribution in [2.24, 2.45) is 5.10 Å². The van der Waals surface area contributed by atoms with Crippen molar-refractivity contribution < 1.29 is 9.59 Å². The van der Waals surface area contributed by atoms with Crippen LogP contribution in [0.2, 0.25) is 5.02 Å². The van der Waals surface area contributed by atoms with Crippen molar-refractivity contribution in [2.45, 2.75) is 13.5 Å². The molecule has 6 nitrogen and oxygen atoms in total. The highest BCUT2D eigenvalue weighted by Gasteiger charge is 2.09. The van der Waals surface area contributed by atoms with Gasteiger partial charge in [-0.3, -0.25) is 14.2 Å². The lowest BCUT2D eigenvalue weighted by Gasteiger charge is -2.07. The third-order valence-corrected chi connectivity index (χ3v) is 5.26. The first-order chi connectivity index (χ1) is 15.5. The van der Waals surface area contributed by atoms with Gasteiger partial charge in [0.15, 0.2) is 0 Å². The van der Waals surface area contributed by atoms with Crippen molar-refractivity contribution >= 4 is 46.2 Å². The van der Waals surface area contributed by atoms with Gasteiger partial charge in [-0.25, -0.2) is 5.43 Å². The van der Waals surface area contributed by atoms with E-state index in [4.69, 9.17) is 11.6 Å². The largest absolute Gasteiger partial charge is 0.381 e. The first-order valence-electron chi connectivity index (χ1n) is 10.0. The summed E-state index contributed by atoms with van der Waals surface area (Å²) < 4.78 is 1.56. The number of fused-ring (bicyclic) bond motifs is 1. The Kier molecular flexibility index (Phi) is 6.33. The molecule has 0 saturated carbocycles. The normalized spacial score (nSPS) is 11.1. The SMILES string of the molecule is CC(=O)n1cc(/C=N/NC(=O)c2ccc(NCc3ccc(Cl)cc3)cc2)c2ccccc21.